The Morgan fingerprint density at radius 1 is 1.26 bits per heavy atom. The highest BCUT2D eigenvalue weighted by Crippen LogP contribution is 2.33. The second-order valence-electron chi connectivity index (χ2n) is 4.47. The quantitative estimate of drug-likeness (QED) is 0.644. The normalized spacial score (nSPS) is 12.2. The number of hydrogen-bond acceptors (Lipinski definition) is 5. The lowest BCUT2D eigenvalue weighted by Gasteiger charge is -2.21. The maximum Gasteiger partial charge on any atom is 0.124 e. The van der Waals surface area contributed by atoms with Crippen molar-refractivity contribution in [1.82, 2.24) is 15.6 Å². The summed E-state index contributed by atoms with van der Waals surface area (Å²) in [5, 5.41) is 7.68. The van der Waals surface area contributed by atoms with Crippen molar-refractivity contribution in [3.8, 4) is 5.75 Å². The molecule has 100 valence electrons. The first-order valence-electron chi connectivity index (χ1n) is 6.05. The maximum absolute atomic E-state index is 5.71. The van der Waals surface area contributed by atoms with Crippen molar-refractivity contribution in [3.63, 3.8) is 0 Å². The molecule has 1 unspecified atom stereocenters. The number of hydrazine groups is 1. The number of aryl methyl sites for hydroxylation is 2. The molecule has 1 atom stereocenters. The molecule has 0 aliphatic heterocycles. The molecule has 3 N–H and O–H groups in total. The number of aromatic nitrogens is 2. The van der Waals surface area contributed by atoms with E-state index in [2.05, 4.69) is 21.7 Å². The molecule has 1 aromatic carbocycles. The first-order valence-corrected chi connectivity index (χ1v) is 6.05. The number of ether oxygens (including phenoxy) is 1. The van der Waals surface area contributed by atoms with Crippen LogP contribution in [0.1, 0.15) is 28.3 Å². The van der Waals surface area contributed by atoms with Gasteiger partial charge in [-0.15, -0.1) is 0 Å². The number of benzene rings is 1. The highest BCUT2D eigenvalue weighted by molar-refractivity contribution is 5.48. The van der Waals surface area contributed by atoms with E-state index in [1.165, 1.54) is 0 Å². The number of rotatable bonds is 4. The molecule has 5 nitrogen and oxygen atoms in total. The van der Waals surface area contributed by atoms with Gasteiger partial charge in [0.25, 0.3) is 0 Å². The molecule has 19 heavy (non-hydrogen) atoms. The molecule has 2 aromatic rings. The Labute approximate surface area is 112 Å². The van der Waals surface area contributed by atoms with Gasteiger partial charge < -0.3 is 4.74 Å². The number of nitrogens with one attached hydrogen (secondary N) is 1. The molecule has 0 radical (unpaired) electrons. The molecule has 1 heterocycles. The van der Waals surface area contributed by atoms with E-state index in [1.807, 2.05) is 26.0 Å². The fraction of sp³-hybridized carbons (Fsp3) is 0.286. The van der Waals surface area contributed by atoms with Crippen LogP contribution in [-0.2, 0) is 0 Å². The summed E-state index contributed by atoms with van der Waals surface area (Å²) in [4.78, 5) is 0. The second kappa shape index (κ2) is 5.77. The van der Waals surface area contributed by atoms with Gasteiger partial charge in [0.2, 0.25) is 0 Å². The van der Waals surface area contributed by atoms with E-state index in [0.717, 1.165) is 28.0 Å². The van der Waals surface area contributed by atoms with Gasteiger partial charge in [0.15, 0.2) is 0 Å². The molecular weight excluding hydrogens is 240 g/mol. The molecule has 2 rings (SSSR count). The molecule has 0 fully saturated rings. The number of methoxy groups -OCH3 is 1. The van der Waals surface area contributed by atoms with Crippen molar-refractivity contribution in [1.29, 1.82) is 0 Å². The van der Waals surface area contributed by atoms with Gasteiger partial charge in [0, 0.05) is 11.8 Å². The summed E-state index contributed by atoms with van der Waals surface area (Å²) < 4.78 is 5.48. The first-order chi connectivity index (χ1) is 9.17. The molecule has 0 saturated carbocycles. The third-order valence-electron chi connectivity index (χ3n) is 3.11. The van der Waals surface area contributed by atoms with E-state index in [0.29, 0.717) is 0 Å². The van der Waals surface area contributed by atoms with E-state index < -0.39 is 0 Å². The van der Waals surface area contributed by atoms with Gasteiger partial charge in [-0.3, -0.25) is 5.84 Å². The number of hydrogen-bond donors (Lipinski definition) is 2. The average Bonchev–Trinajstić information content (AvgIpc) is 2.42. The molecule has 0 bridgehead atoms. The smallest absolute Gasteiger partial charge is 0.124 e. The van der Waals surface area contributed by atoms with Crippen molar-refractivity contribution < 1.29 is 4.74 Å². The van der Waals surface area contributed by atoms with Crippen LogP contribution in [0.4, 0.5) is 0 Å². The lowest BCUT2D eigenvalue weighted by atomic mass is 9.94. The van der Waals surface area contributed by atoms with E-state index >= 15 is 0 Å². The molecule has 1 aromatic heterocycles. The van der Waals surface area contributed by atoms with Crippen molar-refractivity contribution in [2.24, 2.45) is 5.84 Å². The third-order valence-corrected chi connectivity index (χ3v) is 3.11. The predicted octanol–water partition coefficient (Wildman–Crippen LogP) is 1.65. The van der Waals surface area contributed by atoms with Crippen LogP contribution in [0.2, 0.25) is 0 Å². The summed E-state index contributed by atoms with van der Waals surface area (Å²) in [7, 11) is 1.66. The van der Waals surface area contributed by atoms with Crippen LogP contribution in [-0.4, -0.2) is 17.3 Å². The Hall–Kier alpha value is -1.98. The first kappa shape index (κ1) is 13.5. The summed E-state index contributed by atoms with van der Waals surface area (Å²) in [6, 6.07) is 5.82. The lowest BCUT2D eigenvalue weighted by Crippen LogP contribution is -2.30. The minimum absolute atomic E-state index is 0.175. The Bertz CT molecular complexity index is 557. The van der Waals surface area contributed by atoms with E-state index in [1.54, 1.807) is 19.5 Å². The summed E-state index contributed by atoms with van der Waals surface area (Å²) in [5.41, 5.74) is 7.06. The van der Waals surface area contributed by atoms with Gasteiger partial charge in [0.05, 0.1) is 19.3 Å². The summed E-state index contributed by atoms with van der Waals surface area (Å²) in [6.45, 7) is 4.09. The molecule has 0 aliphatic rings. The predicted molar refractivity (Wildman–Crippen MR) is 73.7 cm³/mol. The lowest BCUT2D eigenvalue weighted by molar-refractivity contribution is 0.403. The van der Waals surface area contributed by atoms with Crippen LogP contribution in [0.3, 0.4) is 0 Å². The molecule has 0 amide bonds. The SMILES string of the molecule is COc1cc(C)cc(C)c1C(NN)c1ccnnc1. The Morgan fingerprint density at radius 3 is 2.63 bits per heavy atom. The zero-order chi connectivity index (χ0) is 13.8. The number of nitrogens with zero attached hydrogens (tertiary/aromatic N) is 2. The minimum atomic E-state index is -0.175. The Kier molecular flexibility index (Phi) is 4.09. The largest absolute Gasteiger partial charge is 0.496 e. The van der Waals surface area contributed by atoms with Crippen molar-refractivity contribution in [2.45, 2.75) is 19.9 Å². The van der Waals surface area contributed by atoms with Crippen molar-refractivity contribution >= 4 is 0 Å². The van der Waals surface area contributed by atoms with E-state index in [4.69, 9.17) is 10.6 Å². The zero-order valence-corrected chi connectivity index (χ0v) is 11.3. The Balaban J connectivity index is 2.55. The summed E-state index contributed by atoms with van der Waals surface area (Å²) >= 11 is 0. The summed E-state index contributed by atoms with van der Waals surface area (Å²) in [6.07, 6.45) is 3.35. The topological polar surface area (TPSA) is 73.1 Å². The van der Waals surface area contributed by atoms with Gasteiger partial charge in [-0.2, -0.15) is 10.2 Å². The minimum Gasteiger partial charge on any atom is -0.496 e. The highest BCUT2D eigenvalue weighted by atomic mass is 16.5. The highest BCUT2D eigenvalue weighted by Gasteiger charge is 2.20. The van der Waals surface area contributed by atoms with Gasteiger partial charge in [-0.05, 0) is 42.7 Å². The van der Waals surface area contributed by atoms with Crippen LogP contribution in [0.5, 0.6) is 5.75 Å². The van der Waals surface area contributed by atoms with Gasteiger partial charge in [0.1, 0.15) is 5.75 Å². The van der Waals surface area contributed by atoms with Crippen LogP contribution in [0.15, 0.2) is 30.6 Å². The number of nitrogens with two attached hydrogens (primary N) is 1. The Morgan fingerprint density at radius 2 is 2.05 bits per heavy atom. The molecular formula is C14H18N4O. The van der Waals surface area contributed by atoms with Gasteiger partial charge in [-0.25, -0.2) is 5.43 Å². The maximum atomic E-state index is 5.71. The van der Waals surface area contributed by atoms with E-state index in [9.17, 15) is 0 Å². The van der Waals surface area contributed by atoms with Crippen molar-refractivity contribution in [3.05, 3.63) is 52.8 Å². The molecule has 0 aliphatic carbocycles. The fourth-order valence-electron chi connectivity index (χ4n) is 2.30. The second-order valence-corrected chi connectivity index (χ2v) is 4.47. The zero-order valence-electron chi connectivity index (χ0n) is 11.3. The van der Waals surface area contributed by atoms with Crippen LogP contribution < -0.4 is 16.0 Å². The van der Waals surface area contributed by atoms with E-state index in [-0.39, 0.29) is 6.04 Å². The third kappa shape index (κ3) is 2.72. The van der Waals surface area contributed by atoms with Crippen molar-refractivity contribution in [2.75, 3.05) is 7.11 Å². The monoisotopic (exact) mass is 258 g/mol. The standard InChI is InChI=1S/C14H18N4O/c1-9-6-10(2)13(12(7-9)19-3)14(18-15)11-4-5-16-17-8-11/h4-8,14,18H,15H2,1-3H3. The fourth-order valence-corrected chi connectivity index (χ4v) is 2.30. The average molecular weight is 258 g/mol. The van der Waals surface area contributed by atoms with Gasteiger partial charge >= 0.3 is 0 Å². The summed E-state index contributed by atoms with van der Waals surface area (Å²) in [5.74, 6) is 6.53. The van der Waals surface area contributed by atoms with Crippen LogP contribution in [0, 0.1) is 13.8 Å². The molecule has 0 spiro atoms. The molecule has 0 saturated heterocycles. The molecule has 5 heteroatoms. The van der Waals surface area contributed by atoms with Crippen LogP contribution in [0.25, 0.3) is 0 Å². The van der Waals surface area contributed by atoms with Crippen LogP contribution >= 0.6 is 0 Å². The van der Waals surface area contributed by atoms with Gasteiger partial charge in [-0.1, -0.05) is 6.07 Å².